The molecule has 2 N–H and O–H groups in total. The molecule has 0 saturated carbocycles. The lowest BCUT2D eigenvalue weighted by Gasteiger charge is -2.13. The fraction of sp³-hybridized carbons (Fsp3) is 0.261. The third kappa shape index (κ3) is 3.92. The SMILES string of the molecule is COc1ccc(-n2c(-c3ccc(C#N)c(F)c3)nc(C(=O)NC3CCNC3)c2C)cc1F. The standard InChI is InChI=1S/C23H21F2N5O2/c1-13-21(23(31)28-16-7-8-27-12-16)29-22(14-3-4-15(11-26)18(24)9-14)30(13)17-5-6-20(32-2)19(25)10-17/h3-6,9-10,16,27H,7-8,12H2,1-2H3,(H,28,31). The highest BCUT2D eigenvalue weighted by atomic mass is 19.1. The Balaban J connectivity index is 1.85. The summed E-state index contributed by atoms with van der Waals surface area (Å²) in [5.41, 5.74) is 1.27. The molecule has 0 bridgehead atoms. The van der Waals surface area contributed by atoms with Crippen LogP contribution in [0.4, 0.5) is 8.78 Å². The van der Waals surface area contributed by atoms with E-state index in [1.807, 2.05) is 0 Å². The number of carbonyl (C=O) groups is 1. The van der Waals surface area contributed by atoms with E-state index in [4.69, 9.17) is 10.00 Å². The molecule has 3 aromatic rings. The monoisotopic (exact) mass is 437 g/mol. The molecule has 1 fully saturated rings. The van der Waals surface area contributed by atoms with Gasteiger partial charge in [0, 0.05) is 24.2 Å². The number of nitriles is 1. The van der Waals surface area contributed by atoms with Gasteiger partial charge in [-0.1, -0.05) is 0 Å². The molecule has 4 rings (SSSR count). The smallest absolute Gasteiger partial charge is 0.272 e. The molecule has 164 valence electrons. The maximum absolute atomic E-state index is 14.5. The molecule has 0 radical (unpaired) electrons. The van der Waals surface area contributed by atoms with Crippen LogP contribution in [0.3, 0.4) is 0 Å². The number of benzene rings is 2. The van der Waals surface area contributed by atoms with Gasteiger partial charge in [-0.25, -0.2) is 13.8 Å². The van der Waals surface area contributed by atoms with Crippen molar-refractivity contribution in [2.24, 2.45) is 0 Å². The number of aromatic nitrogens is 2. The Morgan fingerprint density at radius 3 is 2.72 bits per heavy atom. The molecule has 7 nitrogen and oxygen atoms in total. The second-order valence-electron chi connectivity index (χ2n) is 7.49. The van der Waals surface area contributed by atoms with Crippen molar-refractivity contribution >= 4 is 5.91 Å². The van der Waals surface area contributed by atoms with E-state index in [2.05, 4.69) is 15.6 Å². The number of methoxy groups -OCH3 is 1. The number of hydrogen-bond donors (Lipinski definition) is 2. The van der Waals surface area contributed by atoms with E-state index in [0.29, 0.717) is 23.5 Å². The molecular formula is C23H21F2N5O2. The number of ether oxygens (including phenoxy) is 1. The fourth-order valence-corrected chi connectivity index (χ4v) is 3.80. The van der Waals surface area contributed by atoms with Crippen molar-refractivity contribution in [2.45, 2.75) is 19.4 Å². The van der Waals surface area contributed by atoms with Crippen molar-refractivity contribution in [2.75, 3.05) is 20.2 Å². The van der Waals surface area contributed by atoms with Crippen LogP contribution < -0.4 is 15.4 Å². The predicted molar refractivity (Wildman–Crippen MR) is 114 cm³/mol. The van der Waals surface area contributed by atoms with E-state index < -0.39 is 11.6 Å². The Bertz CT molecular complexity index is 1230. The van der Waals surface area contributed by atoms with Gasteiger partial charge in [0.25, 0.3) is 5.91 Å². The van der Waals surface area contributed by atoms with Gasteiger partial charge in [0.1, 0.15) is 23.4 Å². The number of nitrogens with zero attached hydrogens (tertiary/aromatic N) is 3. The molecule has 32 heavy (non-hydrogen) atoms. The average molecular weight is 437 g/mol. The number of hydrogen-bond acceptors (Lipinski definition) is 5. The van der Waals surface area contributed by atoms with Gasteiger partial charge in [-0.05, 0) is 50.2 Å². The number of carbonyl (C=O) groups excluding carboxylic acids is 1. The summed E-state index contributed by atoms with van der Waals surface area (Å²) in [6.07, 6.45) is 0.808. The Labute approximate surface area is 183 Å². The molecule has 1 aliphatic rings. The maximum Gasteiger partial charge on any atom is 0.272 e. The summed E-state index contributed by atoms with van der Waals surface area (Å²) < 4.78 is 35.4. The zero-order valence-electron chi connectivity index (χ0n) is 17.6. The van der Waals surface area contributed by atoms with E-state index in [9.17, 15) is 13.6 Å². The van der Waals surface area contributed by atoms with Crippen molar-refractivity contribution in [1.82, 2.24) is 20.2 Å². The second kappa shape index (κ2) is 8.77. The maximum atomic E-state index is 14.5. The number of imidazole rings is 1. The van der Waals surface area contributed by atoms with Crippen LogP contribution in [-0.2, 0) is 0 Å². The lowest BCUT2D eigenvalue weighted by Crippen LogP contribution is -2.36. The van der Waals surface area contributed by atoms with E-state index in [1.54, 1.807) is 29.7 Å². The Morgan fingerprint density at radius 2 is 2.09 bits per heavy atom. The van der Waals surface area contributed by atoms with Crippen molar-refractivity contribution < 1.29 is 18.3 Å². The minimum absolute atomic E-state index is 0.0127. The van der Waals surface area contributed by atoms with Gasteiger partial charge in [-0.15, -0.1) is 0 Å². The van der Waals surface area contributed by atoms with Crippen LogP contribution in [0.1, 0.15) is 28.2 Å². The minimum Gasteiger partial charge on any atom is -0.494 e. The van der Waals surface area contributed by atoms with Crippen molar-refractivity contribution in [3.63, 3.8) is 0 Å². The zero-order chi connectivity index (χ0) is 22.8. The van der Waals surface area contributed by atoms with Gasteiger partial charge in [0.2, 0.25) is 0 Å². The van der Waals surface area contributed by atoms with E-state index in [1.165, 1.54) is 31.4 Å². The summed E-state index contributed by atoms with van der Waals surface area (Å²) in [7, 11) is 1.37. The molecule has 1 atom stereocenters. The molecule has 9 heteroatoms. The van der Waals surface area contributed by atoms with E-state index in [-0.39, 0.29) is 34.8 Å². The zero-order valence-corrected chi connectivity index (χ0v) is 17.6. The first-order valence-electron chi connectivity index (χ1n) is 10.1. The van der Waals surface area contributed by atoms with Crippen LogP contribution in [0.2, 0.25) is 0 Å². The summed E-state index contributed by atoms with van der Waals surface area (Å²) in [6.45, 7) is 3.18. The van der Waals surface area contributed by atoms with Gasteiger partial charge in [-0.2, -0.15) is 5.26 Å². The highest BCUT2D eigenvalue weighted by molar-refractivity contribution is 5.94. The Kier molecular flexibility index (Phi) is 5.88. The lowest BCUT2D eigenvalue weighted by atomic mass is 10.1. The van der Waals surface area contributed by atoms with Crippen LogP contribution in [0.25, 0.3) is 17.1 Å². The molecule has 0 spiro atoms. The van der Waals surface area contributed by atoms with E-state index in [0.717, 1.165) is 13.0 Å². The molecule has 1 aliphatic heterocycles. The minimum atomic E-state index is -0.707. The van der Waals surface area contributed by atoms with Crippen molar-refractivity contribution in [1.29, 1.82) is 5.26 Å². The topological polar surface area (TPSA) is 92.0 Å². The molecule has 0 aliphatic carbocycles. The first-order valence-corrected chi connectivity index (χ1v) is 10.1. The first kappa shape index (κ1) is 21.5. The van der Waals surface area contributed by atoms with Gasteiger partial charge >= 0.3 is 0 Å². The normalized spacial score (nSPS) is 15.4. The molecule has 1 aromatic heterocycles. The highest BCUT2D eigenvalue weighted by Crippen LogP contribution is 2.30. The van der Waals surface area contributed by atoms with Crippen molar-refractivity contribution in [3.8, 4) is 28.9 Å². The third-order valence-electron chi connectivity index (χ3n) is 5.46. The number of rotatable bonds is 5. The Hall–Kier alpha value is -3.77. The highest BCUT2D eigenvalue weighted by Gasteiger charge is 2.25. The van der Waals surface area contributed by atoms with Crippen LogP contribution >= 0.6 is 0 Å². The van der Waals surface area contributed by atoms with Crippen LogP contribution in [-0.4, -0.2) is 41.7 Å². The van der Waals surface area contributed by atoms with Crippen LogP contribution in [0.5, 0.6) is 5.75 Å². The number of nitrogens with one attached hydrogen (secondary N) is 2. The molecule has 2 aromatic carbocycles. The van der Waals surface area contributed by atoms with Gasteiger partial charge in [-0.3, -0.25) is 9.36 Å². The third-order valence-corrected chi connectivity index (χ3v) is 5.46. The summed E-state index contributed by atoms with van der Waals surface area (Å²) in [6, 6.07) is 10.2. The summed E-state index contributed by atoms with van der Waals surface area (Å²) in [5, 5.41) is 15.2. The predicted octanol–water partition coefficient (Wildman–Crippen LogP) is 3.10. The lowest BCUT2D eigenvalue weighted by molar-refractivity contribution is 0.0935. The largest absolute Gasteiger partial charge is 0.494 e. The molecule has 1 unspecified atom stereocenters. The van der Waals surface area contributed by atoms with Crippen LogP contribution in [0.15, 0.2) is 36.4 Å². The molecular weight excluding hydrogens is 416 g/mol. The van der Waals surface area contributed by atoms with E-state index >= 15 is 0 Å². The summed E-state index contributed by atoms with van der Waals surface area (Å²) in [4.78, 5) is 17.5. The van der Waals surface area contributed by atoms with Gasteiger partial charge in [0.15, 0.2) is 11.6 Å². The number of amides is 1. The summed E-state index contributed by atoms with van der Waals surface area (Å²) in [5.74, 6) is -1.33. The first-order chi connectivity index (χ1) is 15.4. The van der Waals surface area contributed by atoms with Gasteiger partial charge in [0.05, 0.1) is 24.1 Å². The molecule has 1 saturated heterocycles. The summed E-state index contributed by atoms with van der Waals surface area (Å²) >= 11 is 0. The second-order valence-corrected chi connectivity index (χ2v) is 7.49. The quantitative estimate of drug-likeness (QED) is 0.640. The Morgan fingerprint density at radius 1 is 1.28 bits per heavy atom. The fourth-order valence-electron chi connectivity index (χ4n) is 3.80. The average Bonchev–Trinajstić information content (AvgIpc) is 3.41. The van der Waals surface area contributed by atoms with Gasteiger partial charge < -0.3 is 15.4 Å². The molecule has 2 heterocycles. The molecule has 1 amide bonds. The van der Waals surface area contributed by atoms with Crippen LogP contribution in [0, 0.1) is 29.9 Å². The number of halogens is 2. The van der Waals surface area contributed by atoms with Crippen molar-refractivity contribution in [3.05, 3.63) is 65.0 Å².